The van der Waals surface area contributed by atoms with E-state index in [0.29, 0.717) is 0 Å². The summed E-state index contributed by atoms with van der Waals surface area (Å²) in [7, 11) is 0. The van der Waals surface area contributed by atoms with Crippen LogP contribution < -0.4 is 0 Å². The zero-order chi connectivity index (χ0) is 33.7. The lowest BCUT2D eigenvalue weighted by atomic mass is 9.95. The Hall–Kier alpha value is -6.64. The first-order valence-corrected chi connectivity index (χ1v) is 17.7. The number of nitrogens with zero attached hydrogens (tertiary/aromatic N) is 2. The molecule has 0 saturated heterocycles. The number of hydrogen-bond acceptors (Lipinski definition) is 0. The van der Waals surface area contributed by atoms with Crippen molar-refractivity contribution >= 4 is 49.2 Å². The first-order valence-electron chi connectivity index (χ1n) is 17.7. The van der Waals surface area contributed by atoms with Crippen LogP contribution in [0.15, 0.2) is 194 Å². The van der Waals surface area contributed by atoms with Crippen molar-refractivity contribution in [3.05, 3.63) is 200 Å². The van der Waals surface area contributed by atoms with Crippen LogP contribution in [0.5, 0.6) is 0 Å². The molecule has 1 aliphatic rings. The minimum Gasteiger partial charge on any atom is -0.309 e. The summed E-state index contributed by atoms with van der Waals surface area (Å²) in [5.41, 5.74) is 14.5. The van der Waals surface area contributed by atoms with E-state index in [4.69, 9.17) is 0 Å². The Bertz CT molecular complexity index is 2880. The summed E-state index contributed by atoms with van der Waals surface area (Å²) in [6.45, 7) is 0. The molecule has 0 atom stereocenters. The van der Waals surface area contributed by atoms with Gasteiger partial charge in [-0.3, -0.25) is 0 Å². The lowest BCUT2D eigenvalue weighted by molar-refractivity contribution is 1.17. The predicted octanol–water partition coefficient (Wildman–Crippen LogP) is 13.1. The van der Waals surface area contributed by atoms with Crippen LogP contribution in [0.25, 0.3) is 82.8 Å². The maximum Gasteiger partial charge on any atom is 0.0547 e. The molecule has 2 aromatic heterocycles. The smallest absolute Gasteiger partial charge is 0.0547 e. The highest BCUT2D eigenvalue weighted by atomic mass is 15.0. The van der Waals surface area contributed by atoms with E-state index in [0.717, 1.165) is 12.1 Å². The van der Waals surface area contributed by atoms with E-state index in [9.17, 15) is 0 Å². The highest BCUT2D eigenvalue weighted by molar-refractivity contribution is 6.22. The molecule has 0 aliphatic heterocycles. The van der Waals surface area contributed by atoms with Crippen molar-refractivity contribution in [2.24, 2.45) is 0 Å². The number of aromatic nitrogens is 2. The van der Waals surface area contributed by atoms with Gasteiger partial charge in [-0.1, -0.05) is 152 Å². The first-order chi connectivity index (χ1) is 25.3. The molecule has 2 nitrogen and oxygen atoms in total. The van der Waals surface area contributed by atoms with Crippen LogP contribution in [0.1, 0.15) is 12.0 Å². The molecule has 0 spiro atoms. The van der Waals surface area contributed by atoms with Gasteiger partial charge in [0.05, 0.1) is 27.8 Å². The Morgan fingerprint density at radius 3 is 1.75 bits per heavy atom. The van der Waals surface area contributed by atoms with E-state index in [1.54, 1.807) is 0 Å². The van der Waals surface area contributed by atoms with Crippen molar-refractivity contribution in [3.63, 3.8) is 0 Å². The third-order valence-electron chi connectivity index (χ3n) is 10.3. The van der Waals surface area contributed by atoms with Gasteiger partial charge < -0.3 is 9.13 Å². The fourth-order valence-corrected chi connectivity index (χ4v) is 8.15. The molecule has 9 aromatic rings. The molecule has 7 aromatic carbocycles. The third kappa shape index (κ3) is 4.72. The second-order valence-electron chi connectivity index (χ2n) is 13.2. The number of rotatable bonds is 5. The summed E-state index contributed by atoms with van der Waals surface area (Å²) in [6, 6.07) is 59.7. The van der Waals surface area contributed by atoms with Gasteiger partial charge in [0.1, 0.15) is 0 Å². The first kappa shape index (κ1) is 29.3. The Morgan fingerprint density at radius 2 is 0.980 bits per heavy atom. The zero-order valence-corrected chi connectivity index (χ0v) is 28.1. The number of para-hydroxylation sites is 3. The molecule has 240 valence electrons. The largest absolute Gasteiger partial charge is 0.309 e. The summed E-state index contributed by atoms with van der Waals surface area (Å²) in [5, 5.41) is 5.03. The number of fused-ring (bicyclic) bond motifs is 6. The molecular weight excluding hydrogens is 617 g/mol. The minimum atomic E-state index is 0.946. The standard InChI is InChI=1S/C49H34N2/c1-2-5-20-35(19-4-1)38-23-8-11-28-43(38)51-45-30-13-10-25-42(45)49-40(27-16-32-47(49)51)39-26-15-31-46-48(39)41-24-9-12-29-44(41)50(46)37-22-14-21-36(33-37)34-17-6-3-7-18-34/h1,3-33H,2H2. The molecular formula is C49H34N2. The SMILES string of the molecule is C1=CCC=CC(c2ccccc2-n2c3ccccc3c3c(-c4cccc5c4c4ccccc4n5-c4cccc(-c5ccccc5)c4)cccc32)=C1. The summed E-state index contributed by atoms with van der Waals surface area (Å²) in [5.74, 6) is 0. The summed E-state index contributed by atoms with van der Waals surface area (Å²) in [6.07, 6.45) is 12.0. The predicted molar refractivity (Wildman–Crippen MR) is 217 cm³/mol. The zero-order valence-electron chi connectivity index (χ0n) is 28.1. The number of benzene rings is 7. The van der Waals surface area contributed by atoms with Crippen molar-refractivity contribution in [1.82, 2.24) is 9.13 Å². The summed E-state index contributed by atoms with van der Waals surface area (Å²) in [4.78, 5) is 0. The van der Waals surface area contributed by atoms with E-state index < -0.39 is 0 Å². The van der Waals surface area contributed by atoms with Gasteiger partial charge in [0.2, 0.25) is 0 Å². The second-order valence-corrected chi connectivity index (χ2v) is 13.2. The number of hydrogen-bond donors (Lipinski definition) is 0. The van der Waals surface area contributed by atoms with Gasteiger partial charge >= 0.3 is 0 Å². The van der Waals surface area contributed by atoms with Crippen LogP contribution in [0.4, 0.5) is 0 Å². The molecule has 2 heterocycles. The third-order valence-corrected chi connectivity index (χ3v) is 10.3. The van der Waals surface area contributed by atoms with E-state index in [-0.39, 0.29) is 0 Å². The van der Waals surface area contributed by atoms with E-state index in [1.165, 1.54) is 82.7 Å². The molecule has 0 unspecified atom stereocenters. The second kappa shape index (κ2) is 12.0. The minimum absolute atomic E-state index is 0.946. The topological polar surface area (TPSA) is 9.86 Å². The van der Waals surface area contributed by atoms with Gasteiger partial charge in [-0.15, -0.1) is 0 Å². The van der Waals surface area contributed by atoms with Crippen molar-refractivity contribution in [3.8, 4) is 33.6 Å². The fourth-order valence-electron chi connectivity index (χ4n) is 8.15. The van der Waals surface area contributed by atoms with Crippen molar-refractivity contribution in [1.29, 1.82) is 0 Å². The van der Waals surface area contributed by atoms with E-state index in [1.807, 2.05) is 0 Å². The van der Waals surface area contributed by atoms with Crippen molar-refractivity contribution in [2.45, 2.75) is 6.42 Å². The van der Waals surface area contributed by atoms with Gasteiger partial charge in [-0.2, -0.15) is 0 Å². The molecule has 0 amide bonds. The molecule has 0 radical (unpaired) electrons. The van der Waals surface area contributed by atoms with Crippen LogP contribution in [0.2, 0.25) is 0 Å². The highest BCUT2D eigenvalue weighted by Gasteiger charge is 2.21. The van der Waals surface area contributed by atoms with Gasteiger partial charge in [0.15, 0.2) is 0 Å². The Labute approximate surface area is 297 Å². The van der Waals surface area contributed by atoms with E-state index >= 15 is 0 Å². The Kier molecular flexibility index (Phi) is 6.92. The molecule has 2 heteroatoms. The summed E-state index contributed by atoms with van der Waals surface area (Å²) < 4.78 is 4.90. The van der Waals surface area contributed by atoms with E-state index in [2.05, 4.69) is 203 Å². The van der Waals surface area contributed by atoms with Crippen LogP contribution in [0, 0.1) is 0 Å². The molecule has 0 saturated carbocycles. The molecule has 10 rings (SSSR count). The van der Waals surface area contributed by atoms with Crippen LogP contribution in [0.3, 0.4) is 0 Å². The fraction of sp³-hybridized carbons (Fsp3) is 0.0204. The molecule has 0 N–H and O–H groups in total. The molecule has 0 bridgehead atoms. The van der Waals surface area contributed by atoms with Gasteiger partial charge in [-0.25, -0.2) is 0 Å². The van der Waals surface area contributed by atoms with Crippen LogP contribution in [-0.4, -0.2) is 9.13 Å². The van der Waals surface area contributed by atoms with Crippen LogP contribution >= 0.6 is 0 Å². The Balaban J connectivity index is 1.25. The number of allylic oxidation sites excluding steroid dienone is 6. The Morgan fingerprint density at radius 1 is 0.412 bits per heavy atom. The lowest BCUT2D eigenvalue weighted by Gasteiger charge is -2.15. The molecule has 0 fully saturated rings. The van der Waals surface area contributed by atoms with Gasteiger partial charge in [0, 0.05) is 32.8 Å². The average molecular weight is 651 g/mol. The highest BCUT2D eigenvalue weighted by Crippen LogP contribution is 2.44. The maximum absolute atomic E-state index is 2.46. The average Bonchev–Trinajstić information content (AvgIpc) is 3.57. The van der Waals surface area contributed by atoms with Gasteiger partial charge in [-0.05, 0) is 76.7 Å². The maximum atomic E-state index is 2.46. The lowest BCUT2D eigenvalue weighted by Crippen LogP contribution is -1.98. The van der Waals surface area contributed by atoms with Crippen molar-refractivity contribution < 1.29 is 0 Å². The summed E-state index contributed by atoms with van der Waals surface area (Å²) >= 11 is 0. The quantitative estimate of drug-likeness (QED) is 0.175. The van der Waals surface area contributed by atoms with Crippen LogP contribution in [-0.2, 0) is 0 Å². The monoisotopic (exact) mass is 650 g/mol. The van der Waals surface area contributed by atoms with Gasteiger partial charge in [0.25, 0.3) is 0 Å². The molecule has 51 heavy (non-hydrogen) atoms. The molecule has 1 aliphatic carbocycles. The normalized spacial score (nSPS) is 13.0. The van der Waals surface area contributed by atoms with Crippen molar-refractivity contribution in [2.75, 3.05) is 0 Å².